The van der Waals surface area contributed by atoms with E-state index in [-0.39, 0.29) is 5.82 Å². The summed E-state index contributed by atoms with van der Waals surface area (Å²) in [6, 6.07) is 7.27. The second kappa shape index (κ2) is 5.48. The normalized spacial score (nSPS) is 10.4. The average molecular weight is 309 g/mol. The quantitative estimate of drug-likeness (QED) is 0.918. The average Bonchev–Trinajstić information content (AvgIpc) is 2.34. The van der Waals surface area contributed by atoms with Crippen molar-refractivity contribution < 1.29 is 4.39 Å². The minimum atomic E-state index is -0.244. The minimum Gasteiger partial charge on any atom is -0.379 e. The number of rotatable bonds is 3. The molecule has 0 radical (unpaired) electrons. The molecule has 0 saturated carbocycles. The molecule has 18 heavy (non-hydrogen) atoms. The second-order valence-electron chi connectivity index (χ2n) is 4.26. The highest BCUT2D eigenvalue weighted by Crippen LogP contribution is 2.24. The van der Waals surface area contributed by atoms with E-state index < -0.39 is 0 Å². The standard InChI is InChI=1S/C14H14BrFN2/c1-9-3-4-11(17-7-9)8-18-14-6-12(15)13(16)5-10(14)2/h3-7,18H,8H2,1-2H3. The number of halogens is 2. The van der Waals surface area contributed by atoms with Crippen LogP contribution >= 0.6 is 15.9 Å². The Morgan fingerprint density at radius 2 is 2.06 bits per heavy atom. The first-order valence-corrected chi connectivity index (χ1v) is 6.46. The van der Waals surface area contributed by atoms with Crippen LogP contribution in [0.15, 0.2) is 34.9 Å². The van der Waals surface area contributed by atoms with Gasteiger partial charge in [0, 0.05) is 11.9 Å². The van der Waals surface area contributed by atoms with Crippen molar-refractivity contribution in [1.29, 1.82) is 0 Å². The van der Waals surface area contributed by atoms with E-state index in [1.165, 1.54) is 6.07 Å². The molecule has 0 amide bonds. The van der Waals surface area contributed by atoms with E-state index in [4.69, 9.17) is 0 Å². The molecule has 2 aromatic rings. The summed E-state index contributed by atoms with van der Waals surface area (Å²) in [6.07, 6.45) is 1.84. The highest BCUT2D eigenvalue weighted by molar-refractivity contribution is 9.10. The van der Waals surface area contributed by atoms with Gasteiger partial charge in [-0.15, -0.1) is 0 Å². The van der Waals surface area contributed by atoms with Crippen molar-refractivity contribution >= 4 is 21.6 Å². The third kappa shape index (κ3) is 3.07. The Kier molecular flexibility index (Phi) is 3.97. The smallest absolute Gasteiger partial charge is 0.137 e. The summed E-state index contributed by atoms with van der Waals surface area (Å²) in [5, 5.41) is 3.26. The van der Waals surface area contributed by atoms with E-state index in [1.54, 1.807) is 6.07 Å². The maximum atomic E-state index is 13.3. The summed E-state index contributed by atoms with van der Waals surface area (Å²) in [6.45, 7) is 4.51. The van der Waals surface area contributed by atoms with Gasteiger partial charge in [0.15, 0.2) is 0 Å². The Labute approximate surface area is 114 Å². The lowest BCUT2D eigenvalue weighted by molar-refractivity contribution is 0.620. The number of nitrogens with zero attached hydrogens (tertiary/aromatic N) is 1. The molecular formula is C14H14BrFN2. The fourth-order valence-corrected chi connectivity index (χ4v) is 1.97. The van der Waals surface area contributed by atoms with Gasteiger partial charge in [-0.05, 0) is 59.1 Å². The molecule has 0 atom stereocenters. The van der Waals surface area contributed by atoms with Gasteiger partial charge in [-0.1, -0.05) is 6.07 Å². The number of aromatic nitrogens is 1. The predicted octanol–water partition coefficient (Wildman–Crippen LogP) is 4.21. The fourth-order valence-electron chi connectivity index (χ4n) is 1.63. The first-order valence-electron chi connectivity index (χ1n) is 5.67. The summed E-state index contributed by atoms with van der Waals surface area (Å²) < 4.78 is 13.7. The third-order valence-corrected chi connectivity index (χ3v) is 3.31. The van der Waals surface area contributed by atoms with E-state index in [0.29, 0.717) is 11.0 Å². The summed E-state index contributed by atoms with van der Waals surface area (Å²) in [5.74, 6) is -0.244. The second-order valence-corrected chi connectivity index (χ2v) is 5.12. The van der Waals surface area contributed by atoms with Gasteiger partial charge in [-0.25, -0.2) is 4.39 Å². The number of hydrogen-bond donors (Lipinski definition) is 1. The van der Waals surface area contributed by atoms with E-state index in [1.807, 2.05) is 32.2 Å². The van der Waals surface area contributed by atoms with Crippen LogP contribution in [-0.4, -0.2) is 4.98 Å². The lowest BCUT2D eigenvalue weighted by atomic mass is 10.2. The molecule has 94 valence electrons. The largest absolute Gasteiger partial charge is 0.379 e. The lowest BCUT2D eigenvalue weighted by Crippen LogP contribution is -2.03. The van der Waals surface area contributed by atoms with Crippen molar-refractivity contribution in [3.05, 3.63) is 57.6 Å². The van der Waals surface area contributed by atoms with Crippen molar-refractivity contribution in [2.24, 2.45) is 0 Å². The Hall–Kier alpha value is -1.42. The van der Waals surface area contributed by atoms with Crippen LogP contribution in [0.4, 0.5) is 10.1 Å². The summed E-state index contributed by atoms with van der Waals surface area (Å²) in [4.78, 5) is 4.31. The zero-order chi connectivity index (χ0) is 13.1. The molecule has 0 fully saturated rings. The van der Waals surface area contributed by atoms with Crippen molar-refractivity contribution in [3.63, 3.8) is 0 Å². The van der Waals surface area contributed by atoms with Crippen LogP contribution in [0.2, 0.25) is 0 Å². The zero-order valence-electron chi connectivity index (χ0n) is 10.3. The molecule has 0 bridgehead atoms. The SMILES string of the molecule is Cc1ccc(CNc2cc(Br)c(F)cc2C)nc1. The lowest BCUT2D eigenvalue weighted by Gasteiger charge is -2.10. The summed E-state index contributed by atoms with van der Waals surface area (Å²) >= 11 is 3.19. The number of hydrogen-bond acceptors (Lipinski definition) is 2. The van der Waals surface area contributed by atoms with Crippen LogP contribution in [0.25, 0.3) is 0 Å². The Balaban J connectivity index is 2.10. The molecule has 1 aromatic carbocycles. The molecule has 1 aromatic heterocycles. The first-order chi connectivity index (χ1) is 8.56. The number of benzene rings is 1. The van der Waals surface area contributed by atoms with Gasteiger partial charge in [0.2, 0.25) is 0 Å². The van der Waals surface area contributed by atoms with E-state index >= 15 is 0 Å². The predicted molar refractivity (Wildman–Crippen MR) is 75.1 cm³/mol. The summed E-state index contributed by atoms with van der Waals surface area (Å²) in [5.41, 5.74) is 3.88. The highest BCUT2D eigenvalue weighted by atomic mass is 79.9. The Bertz CT molecular complexity index is 552. The molecular weight excluding hydrogens is 295 g/mol. The van der Waals surface area contributed by atoms with Gasteiger partial charge >= 0.3 is 0 Å². The highest BCUT2D eigenvalue weighted by Gasteiger charge is 2.05. The van der Waals surface area contributed by atoms with Crippen LogP contribution in [0.1, 0.15) is 16.8 Å². The van der Waals surface area contributed by atoms with Crippen LogP contribution in [0, 0.1) is 19.7 Å². The molecule has 0 aliphatic rings. The molecule has 0 saturated heterocycles. The Morgan fingerprint density at radius 3 is 2.72 bits per heavy atom. The van der Waals surface area contributed by atoms with Crippen molar-refractivity contribution in [1.82, 2.24) is 4.98 Å². The maximum absolute atomic E-state index is 13.3. The van der Waals surface area contributed by atoms with Crippen molar-refractivity contribution in [2.45, 2.75) is 20.4 Å². The van der Waals surface area contributed by atoms with Gasteiger partial charge in [0.05, 0.1) is 16.7 Å². The summed E-state index contributed by atoms with van der Waals surface area (Å²) in [7, 11) is 0. The topological polar surface area (TPSA) is 24.9 Å². The van der Waals surface area contributed by atoms with Crippen LogP contribution < -0.4 is 5.32 Å². The molecule has 1 heterocycles. The van der Waals surface area contributed by atoms with Gasteiger partial charge in [-0.3, -0.25) is 4.98 Å². The molecule has 0 aliphatic heterocycles. The number of aryl methyl sites for hydroxylation is 2. The maximum Gasteiger partial charge on any atom is 0.137 e. The number of pyridine rings is 1. The van der Waals surface area contributed by atoms with Crippen molar-refractivity contribution in [3.8, 4) is 0 Å². The molecule has 2 nitrogen and oxygen atoms in total. The monoisotopic (exact) mass is 308 g/mol. The third-order valence-electron chi connectivity index (χ3n) is 2.70. The molecule has 0 unspecified atom stereocenters. The van der Waals surface area contributed by atoms with Crippen LogP contribution in [0.3, 0.4) is 0 Å². The van der Waals surface area contributed by atoms with Crippen LogP contribution in [-0.2, 0) is 6.54 Å². The van der Waals surface area contributed by atoms with Crippen LogP contribution in [0.5, 0.6) is 0 Å². The molecule has 1 N–H and O–H groups in total. The number of anilines is 1. The van der Waals surface area contributed by atoms with Gasteiger partial charge in [-0.2, -0.15) is 0 Å². The van der Waals surface area contributed by atoms with Gasteiger partial charge in [0.25, 0.3) is 0 Å². The van der Waals surface area contributed by atoms with Gasteiger partial charge in [0.1, 0.15) is 5.82 Å². The molecule has 0 aliphatic carbocycles. The number of nitrogens with one attached hydrogen (secondary N) is 1. The Morgan fingerprint density at radius 1 is 1.28 bits per heavy atom. The van der Waals surface area contributed by atoms with E-state index in [0.717, 1.165) is 22.5 Å². The fraction of sp³-hybridized carbons (Fsp3) is 0.214. The molecule has 2 rings (SSSR count). The first kappa shape index (κ1) is 13.0. The molecule has 4 heteroatoms. The zero-order valence-corrected chi connectivity index (χ0v) is 11.9. The molecule has 0 spiro atoms. The minimum absolute atomic E-state index is 0.244. The van der Waals surface area contributed by atoms with E-state index in [9.17, 15) is 4.39 Å². The van der Waals surface area contributed by atoms with Gasteiger partial charge < -0.3 is 5.32 Å². The van der Waals surface area contributed by atoms with Crippen molar-refractivity contribution in [2.75, 3.05) is 5.32 Å². The van der Waals surface area contributed by atoms with E-state index in [2.05, 4.69) is 26.2 Å².